The quantitative estimate of drug-likeness (QED) is 0.723. The Hall–Kier alpha value is -2.13. The molecule has 0 N–H and O–H groups in total. The lowest BCUT2D eigenvalue weighted by molar-refractivity contribution is -0.129. The molecular weight excluding hydrogens is 380 g/mol. The SMILES string of the molecule is CN(C)C(=O)CN1CCCN(C(=O)c2ccc(N3CCCS3(=O)=O)cc2)CC1. The monoisotopic (exact) mass is 408 g/mol. The lowest BCUT2D eigenvalue weighted by Crippen LogP contribution is -2.39. The van der Waals surface area contributed by atoms with E-state index in [9.17, 15) is 18.0 Å². The van der Waals surface area contributed by atoms with Gasteiger partial charge >= 0.3 is 0 Å². The summed E-state index contributed by atoms with van der Waals surface area (Å²) in [6.07, 6.45) is 1.44. The van der Waals surface area contributed by atoms with Gasteiger partial charge in [0.05, 0.1) is 18.0 Å². The van der Waals surface area contributed by atoms with Gasteiger partial charge < -0.3 is 9.80 Å². The van der Waals surface area contributed by atoms with E-state index >= 15 is 0 Å². The van der Waals surface area contributed by atoms with Gasteiger partial charge in [-0.15, -0.1) is 0 Å². The number of hydrogen-bond acceptors (Lipinski definition) is 5. The first-order valence-electron chi connectivity index (χ1n) is 9.60. The van der Waals surface area contributed by atoms with Gasteiger partial charge in [0.1, 0.15) is 0 Å². The molecule has 0 saturated carbocycles. The predicted molar refractivity (Wildman–Crippen MR) is 108 cm³/mol. The molecule has 1 aromatic rings. The fourth-order valence-electron chi connectivity index (χ4n) is 3.55. The van der Waals surface area contributed by atoms with Crippen molar-refractivity contribution in [3.8, 4) is 0 Å². The van der Waals surface area contributed by atoms with Crippen LogP contribution in [0, 0.1) is 0 Å². The molecule has 2 saturated heterocycles. The topological polar surface area (TPSA) is 81.2 Å². The van der Waals surface area contributed by atoms with Gasteiger partial charge in [0.25, 0.3) is 5.91 Å². The third-order valence-electron chi connectivity index (χ3n) is 5.23. The molecule has 2 heterocycles. The standard InChI is InChI=1S/C19H28N4O4S/c1-20(2)18(24)15-21-9-3-10-22(13-12-21)19(25)16-5-7-17(8-6-16)23-11-4-14-28(23,26)27/h5-8H,3-4,9-15H2,1-2H3. The molecule has 8 nitrogen and oxygen atoms in total. The average Bonchev–Trinajstić information content (AvgIpc) is 2.87. The Balaban J connectivity index is 1.62. The van der Waals surface area contributed by atoms with Gasteiger partial charge in [0.2, 0.25) is 15.9 Å². The summed E-state index contributed by atoms with van der Waals surface area (Å²) >= 11 is 0. The van der Waals surface area contributed by atoms with Crippen molar-refractivity contribution in [2.75, 3.05) is 63.4 Å². The molecule has 0 aromatic heterocycles. The maximum Gasteiger partial charge on any atom is 0.253 e. The maximum atomic E-state index is 12.8. The zero-order valence-electron chi connectivity index (χ0n) is 16.5. The van der Waals surface area contributed by atoms with Gasteiger partial charge in [-0.3, -0.25) is 18.8 Å². The third kappa shape index (κ3) is 4.64. The Labute approximate surface area is 166 Å². The molecular formula is C19H28N4O4S. The van der Waals surface area contributed by atoms with Gasteiger partial charge in [-0.05, 0) is 37.1 Å². The number of carbonyl (C=O) groups excluding carboxylic acids is 2. The van der Waals surface area contributed by atoms with E-state index in [0.29, 0.717) is 50.4 Å². The van der Waals surface area contributed by atoms with Crippen LogP contribution in [0.5, 0.6) is 0 Å². The largest absolute Gasteiger partial charge is 0.348 e. The molecule has 9 heteroatoms. The number of carbonyl (C=O) groups is 2. The predicted octanol–water partition coefficient (Wildman–Crippen LogP) is 0.463. The molecule has 28 heavy (non-hydrogen) atoms. The molecule has 2 amide bonds. The number of anilines is 1. The number of amides is 2. The molecule has 1 aromatic carbocycles. The second-order valence-corrected chi connectivity index (χ2v) is 9.51. The fraction of sp³-hybridized carbons (Fsp3) is 0.579. The average molecular weight is 409 g/mol. The molecule has 2 aliphatic rings. The smallest absolute Gasteiger partial charge is 0.253 e. The van der Waals surface area contributed by atoms with Crippen LogP contribution in [0.1, 0.15) is 23.2 Å². The normalized spacial score (nSPS) is 20.1. The summed E-state index contributed by atoms with van der Waals surface area (Å²) in [7, 11) is 0.267. The second-order valence-electron chi connectivity index (χ2n) is 7.50. The van der Waals surface area contributed by atoms with Crippen molar-refractivity contribution in [1.29, 1.82) is 0 Å². The summed E-state index contributed by atoms with van der Waals surface area (Å²) in [5.74, 6) is 0.178. The highest BCUT2D eigenvalue weighted by Crippen LogP contribution is 2.24. The van der Waals surface area contributed by atoms with Crippen LogP contribution in [0.25, 0.3) is 0 Å². The number of rotatable bonds is 4. The Morgan fingerprint density at radius 3 is 2.29 bits per heavy atom. The van der Waals surface area contributed by atoms with Crippen LogP contribution < -0.4 is 4.31 Å². The van der Waals surface area contributed by atoms with Crippen LogP contribution in [0.4, 0.5) is 5.69 Å². The van der Waals surface area contributed by atoms with Crippen molar-refractivity contribution in [2.24, 2.45) is 0 Å². The summed E-state index contributed by atoms with van der Waals surface area (Å²) in [6.45, 7) is 3.53. The Kier molecular flexibility index (Phi) is 6.24. The van der Waals surface area contributed by atoms with Gasteiger partial charge in [0, 0.05) is 52.4 Å². The van der Waals surface area contributed by atoms with Gasteiger partial charge in [0.15, 0.2) is 0 Å². The van der Waals surface area contributed by atoms with E-state index in [2.05, 4.69) is 4.90 Å². The van der Waals surface area contributed by atoms with Crippen molar-refractivity contribution in [3.05, 3.63) is 29.8 Å². The highest BCUT2D eigenvalue weighted by atomic mass is 32.2. The summed E-state index contributed by atoms with van der Waals surface area (Å²) in [6, 6.07) is 6.80. The minimum absolute atomic E-state index is 0.0587. The highest BCUT2D eigenvalue weighted by molar-refractivity contribution is 7.93. The molecule has 3 rings (SSSR count). The second kappa shape index (κ2) is 8.48. The summed E-state index contributed by atoms with van der Waals surface area (Å²) in [5, 5.41) is 0. The van der Waals surface area contributed by atoms with E-state index in [4.69, 9.17) is 0 Å². The van der Waals surface area contributed by atoms with Crippen LogP contribution >= 0.6 is 0 Å². The van der Waals surface area contributed by atoms with Gasteiger partial charge in [-0.1, -0.05) is 0 Å². The summed E-state index contributed by atoms with van der Waals surface area (Å²) < 4.78 is 25.5. The van der Waals surface area contributed by atoms with Crippen LogP contribution in [0.3, 0.4) is 0 Å². The fourth-order valence-corrected chi connectivity index (χ4v) is 5.11. The third-order valence-corrected chi connectivity index (χ3v) is 7.10. The van der Waals surface area contributed by atoms with Crippen LogP contribution in [0.15, 0.2) is 24.3 Å². The molecule has 2 aliphatic heterocycles. The minimum Gasteiger partial charge on any atom is -0.348 e. The van der Waals surface area contributed by atoms with Crippen molar-refractivity contribution >= 4 is 27.5 Å². The molecule has 0 radical (unpaired) electrons. The molecule has 0 aliphatic carbocycles. The van der Waals surface area contributed by atoms with Crippen molar-refractivity contribution in [1.82, 2.24) is 14.7 Å². The summed E-state index contributed by atoms with van der Waals surface area (Å²) in [4.78, 5) is 30.2. The number of nitrogens with zero attached hydrogens (tertiary/aromatic N) is 4. The molecule has 2 fully saturated rings. The minimum atomic E-state index is -3.22. The van der Waals surface area contributed by atoms with Gasteiger partial charge in [-0.2, -0.15) is 0 Å². The molecule has 154 valence electrons. The Bertz CT molecular complexity index is 823. The Morgan fingerprint density at radius 2 is 1.68 bits per heavy atom. The maximum absolute atomic E-state index is 12.8. The Morgan fingerprint density at radius 1 is 0.964 bits per heavy atom. The number of benzene rings is 1. The van der Waals surface area contributed by atoms with E-state index in [-0.39, 0.29) is 17.6 Å². The first kappa shape index (κ1) is 20.6. The van der Waals surface area contributed by atoms with Crippen molar-refractivity contribution < 1.29 is 18.0 Å². The van der Waals surface area contributed by atoms with E-state index in [1.54, 1.807) is 43.3 Å². The first-order chi connectivity index (χ1) is 13.3. The van der Waals surface area contributed by atoms with E-state index in [1.165, 1.54) is 4.31 Å². The van der Waals surface area contributed by atoms with Crippen LogP contribution in [-0.4, -0.2) is 94.0 Å². The van der Waals surface area contributed by atoms with Crippen LogP contribution in [-0.2, 0) is 14.8 Å². The molecule has 0 spiro atoms. The summed E-state index contributed by atoms with van der Waals surface area (Å²) in [5.41, 5.74) is 1.16. The zero-order valence-corrected chi connectivity index (χ0v) is 17.3. The van der Waals surface area contributed by atoms with Gasteiger partial charge in [-0.25, -0.2) is 8.42 Å². The van der Waals surface area contributed by atoms with E-state index in [0.717, 1.165) is 13.0 Å². The van der Waals surface area contributed by atoms with E-state index in [1.807, 2.05) is 4.90 Å². The van der Waals surface area contributed by atoms with E-state index < -0.39 is 10.0 Å². The molecule has 0 unspecified atom stereocenters. The van der Waals surface area contributed by atoms with Crippen LogP contribution in [0.2, 0.25) is 0 Å². The first-order valence-corrected chi connectivity index (χ1v) is 11.2. The lowest BCUT2D eigenvalue weighted by Gasteiger charge is -2.23. The number of hydrogen-bond donors (Lipinski definition) is 0. The zero-order chi connectivity index (χ0) is 20.3. The van der Waals surface area contributed by atoms with Crippen molar-refractivity contribution in [3.63, 3.8) is 0 Å². The number of sulfonamides is 1. The molecule has 0 atom stereocenters. The molecule has 0 bridgehead atoms. The highest BCUT2D eigenvalue weighted by Gasteiger charge is 2.28. The number of likely N-dealkylation sites (N-methyl/N-ethyl adjacent to an activating group) is 1. The van der Waals surface area contributed by atoms with Crippen molar-refractivity contribution in [2.45, 2.75) is 12.8 Å². The lowest BCUT2D eigenvalue weighted by atomic mass is 10.1.